The largest absolute Gasteiger partial charge is 0.491 e. The van der Waals surface area contributed by atoms with Crippen molar-refractivity contribution >= 4 is 0 Å². The second-order valence-electron chi connectivity index (χ2n) is 6.44. The van der Waals surface area contributed by atoms with Crippen molar-refractivity contribution in [2.45, 2.75) is 50.2 Å². The Kier molecular flexibility index (Phi) is 4.45. The van der Waals surface area contributed by atoms with Crippen LogP contribution in [0.2, 0.25) is 0 Å². The van der Waals surface area contributed by atoms with Crippen LogP contribution in [0.3, 0.4) is 0 Å². The van der Waals surface area contributed by atoms with Crippen LogP contribution in [0.15, 0.2) is 24.3 Å². The molecule has 0 spiro atoms. The van der Waals surface area contributed by atoms with Gasteiger partial charge in [0.15, 0.2) is 0 Å². The predicted molar refractivity (Wildman–Crippen MR) is 79.9 cm³/mol. The fourth-order valence-corrected chi connectivity index (χ4v) is 3.47. The van der Waals surface area contributed by atoms with Gasteiger partial charge >= 0.3 is 0 Å². The highest BCUT2D eigenvalue weighted by Crippen LogP contribution is 2.30. The van der Waals surface area contributed by atoms with Crippen LogP contribution >= 0.6 is 0 Å². The highest BCUT2D eigenvalue weighted by atomic mass is 19.1. The number of ether oxygens (including phenoxy) is 1. The fourth-order valence-electron chi connectivity index (χ4n) is 3.47. The van der Waals surface area contributed by atoms with E-state index in [9.17, 15) is 9.50 Å². The maximum absolute atomic E-state index is 12.8. The third kappa shape index (κ3) is 3.74. The standard InChI is InChI=1S/C17H24FNO2/c18-14-5-7-16(8-6-14)21-13-17(20)9-11-19(12-10-17)15-3-1-2-4-15/h5-8,15,20H,1-4,9-13H2. The summed E-state index contributed by atoms with van der Waals surface area (Å²) >= 11 is 0. The van der Waals surface area contributed by atoms with Gasteiger partial charge in [0.05, 0.1) is 0 Å². The molecule has 1 aromatic rings. The molecule has 1 aromatic carbocycles. The van der Waals surface area contributed by atoms with E-state index in [2.05, 4.69) is 4.90 Å². The summed E-state index contributed by atoms with van der Waals surface area (Å²) < 4.78 is 18.5. The van der Waals surface area contributed by atoms with Crippen molar-refractivity contribution in [3.05, 3.63) is 30.1 Å². The van der Waals surface area contributed by atoms with Gasteiger partial charge < -0.3 is 14.7 Å². The summed E-state index contributed by atoms with van der Waals surface area (Å²) in [5.74, 6) is 0.342. The summed E-state index contributed by atoms with van der Waals surface area (Å²) in [6.07, 6.45) is 6.82. The minimum absolute atomic E-state index is 0.272. The molecule has 1 N–H and O–H groups in total. The number of hydrogen-bond donors (Lipinski definition) is 1. The van der Waals surface area contributed by atoms with E-state index in [-0.39, 0.29) is 12.4 Å². The Morgan fingerprint density at radius 2 is 1.76 bits per heavy atom. The van der Waals surface area contributed by atoms with Gasteiger partial charge in [0.1, 0.15) is 23.8 Å². The molecule has 1 aliphatic carbocycles. The van der Waals surface area contributed by atoms with Gasteiger partial charge in [-0.1, -0.05) is 12.8 Å². The first-order valence-electron chi connectivity index (χ1n) is 7.99. The molecule has 0 unspecified atom stereocenters. The summed E-state index contributed by atoms with van der Waals surface area (Å²) in [5, 5.41) is 10.6. The lowest BCUT2D eigenvalue weighted by atomic mass is 9.91. The molecule has 0 atom stereocenters. The highest BCUT2D eigenvalue weighted by molar-refractivity contribution is 5.22. The summed E-state index contributed by atoms with van der Waals surface area (Å²) in [6, 6.07) is 6.69. The summed E-state index contributed by atoms with van der Waals surface area (Å²) in [7, 11) is 0. The van der Waals surface area contributed by atoms with Gasteiger partial charge in [-0.25, -0.2) is 4.39 Å². The van der Waals surface area contributed by atoms with Gasteiger partial charge in [0.2, 0.25) is 0 Å². The van der Waals surface area contributed by atoms with Gasteiger partial charge in [-0.3, -0.25) is 0 Å². The van der Waals surface area contributed by atoms with Crippen LogP contribution in [0.4, 0.5) is 4.39 Å². The topological polar surface area (TPSA) is 32.7 Å². The molecule has 2 aliphatic rings. The van der Waals surface area contributed by atoms with Crippen molar-refractivity contribution in [2.75, 3.05) is 19.7 Å². The minimum Gasteiger partial charge on any atom is -0.491 e. The van der Waals surface area contributed by atoms with Gasteiger partial charge in [-0.2, -0.15) is 0 Å². The Morgan fingerprint density at radius 3 is 2.38 bits per heavy atom. The summed E-state index contributed by atoms with van der Waals surface area (Å²) in [4.78, 5) is 2.53. The van der Waals surface area contributed by atoms with E-state index in [0.717, 1.165) is 32.0 Å². The van der Waals surface area contributed by atoms with Crippen LogP contribution in [-0.4, -0.2) is 41.3 Å². The van der Waals surface area contributed by atoms with Crippen LogP contribution in [0.1, 0.15) is 38.5 Å². The van der Waals surface area contributed by atoms with Crippen molar-refractivity contribution < 1.29 is 14.2 Å². The molecular weight excluding hydrogens is 269 g/mol. The van der Waals surface area contributed by atoms with Crippen molar-refractivity contribution in [2.24, 2.45) is 0 Å². The maximum Gasteiger partial charge on any atom is 0.123 e. The Balaban J connectivity index is 1.48. The summed E-state index contributed by atoms with van der Waals surface area (Å²) in [6.45, 7) is 2.19. The number of aliphatic hydroxyl groups is 1. The van der Waals surface area contributed by atoms with Crippen molar-refractivity contribution in [1.82, 2.24) is 4.90 Å². The quantitative estimate of drug-likeness (QED) is 0.926. The molecule has 4 heteroatoms. The monoisotopic (exact) mass is 293 g/mol. The van der Waals surface area contributed by atoms with Crippen LogP contribution in [0.25, 0.3) is 0 Å². The number of piperidine rings is 1. The van der Waals surface area contributed by atoms with Crippen LogP contribution in [-0.2, 0) is 0 Å². The van der Waals surface area contributed by atoms with Crippen molar-refractivity contribution in [3.8, 4) is 5.75 Å². The first kappa shape index (κ1) is 14.8. The molecule has 0 amide bonds. The van der Waals surface area contributed by atoms with Gasteiger partial charge in [0.25, 0.3) is 0 Å². The Hall–Kier alpha value is -1.13. The van der Waals surface area contributed by atoms with E-state index < -0.39 is 5.60 Å². The number of benzene rings is 1. The molecule has 21 heavy (non-hydrogen) atoms. The second-order valence-corrected chi connectivity index (χ2v) is 6.44. The smallest absolute Gasteiger partial charge is 0.123 e. The number of likely N-dealkylation sites (tertiary alicyclic amines) is 1. The van der Waals surface area contributed by atoms with Crippen LogP contribution in [0.5, 0.6) is 5.75 Å². The van der Waals surface area contributed by atoms with Crippen molar-refractivity contribution in [3.63, 3.8) is 0 Å². The third-order valence-corrected chi connectivity index (χ3v) is 4.89. The van der Waals surface area contributed by atoms with E-state index in [0.29, 0.717) is 5.75 Å². The normalized spacial score (nSPS) is 23.3. The highest BCUT2D eigenvalue weighted by Gasteiger charge is 2.35. The fraction of sp³-hybridized carbons (Fsp3) is 0.647. The van der Waals surface area contributed by atoms with E-state index in [1.807, 2.05) is 0 Å². The lowest BCUT2D eigenvalue weighted by Crippen LogP contribution is -2.50. The summed E-state index contributed by atoms with van der Waals surface area (Å²) in [5.41, 5.74) is -0.747. The maximum atomic E-state index is 12.8. The van der Waals surface area contributed by atoms with Gasteiger partial charge in [-0.15, -0.1) is 0 Å². The van der Waals surface area contributed by atoms with E-state index in [4.69, 9.17) is 4.74 Å². The molecule has 3 nitrogen and oxygen atoms in total. The Morgan fingerprint density at radius 1 is 1.14 bits per heavy atom. The molecule has 0 bridgehead atoms. The molecule has 1 saturated heterocycles. The van der Waals surface area contributed by atoms with E-state index in [1.54, 1.807) is 12.1 Å². The predicted octanol–water partition coefficient (Wildman–Crippen LogP) is 2.97. The Bertz CT molecular complexity index is 448. The number of nitrogens with zero attached hydrogens (tertiary/aromatic N) is 1. The number of rotatable bonds is 4. The molecule has 0 radical (unpaired) electrons. The zero-order valence-corrected chi connectivity index (χ0v) is 12.4. The molecule has 3 rings (SSSR count). The molecule has 1 heterocycles. The first-order chi connectivity index (χ1) is 10.1. The zero-order valence-electron chi connectivity index (χ0n) is 12.4. The third-order valence-electron chi connectivity index (χ3n) is 4.89. The zero-order chi connectivity index (χ0) is 14.7. The SMILES string of the molecule is OC1(COc2ccc(F)cc2)CCN(C2CCCC2)CC1. The second kappa shape index (κ2) is 6.32. The average Bonchev–Trinajstić information content (AvgIpc) is 3.02. The molecule has 116 valence electrons. The Labute approximate surface area is 125 Å². The van der Waals surface area contributed by atoms with E-state index >= 15 is 0 Å². The van der Waals surface area contributed by atoms with Crippen molar-refractivity contribution in [1.29, 1.82) is 0 Å². The lowest BCUT2D eigenvalue weighted by Gasteiger charge is -2.40. The average molecular weight is 293 g/mol. The number of hydrogen-bond acceptors (Lipinski definition) is 3. The lowest BCUT2D eigenvalue weighted by molar-refractivity contribution is -0.0589. The first-order valence-corrected chi connectivity index (χ1v) is 7.99. The van der Waals surface area contributed by atoms with Gasteiger partial charge in [0, 0.05) is 19.1 Å². The molecule has 1 saturated carbocycles. The molecule has 2 fully saturated rings. The van der Waals surface area contributed by atoms with Crippen LogP contribution in [0, 0.1) is 5.82 Å². The van der Waals surface area contributed by atoms with Gasteiger partial charge in [-0.05, 0) is 49.9 Å². The van der Waals surface area contributed by atoms with E-state index in [1.165, 1.54) is 37.8 Å². The number of halogens is 1. The van der Waals surface area contributed by atoms with Crippen LogP contribution < -0.4 is 4.74 Å². The minimum atomic E-state index is -0.747. The molecule has 0 aromatic heterocycles. The molecular formula is C17H24FNO2. The molecule has 1 aliphatic heterocycles.